The highest BCUT2D eigenvalue weighted by Crippen LogP contribution is 2.23. The molecular formula is C33H28N2O7S2. The Bertz CT molecular complexity index is 1890. The van der Waals surface area contributed by atoms with Gasteiger partial charge in [-0.05, 0) is 78.7 Å². The zero-order chi connectivity index (χ0) is 31.7. The van der Waals surface area contributed by atoms with Gasteiger partial charge in [0.25, 0.3) is 10.0 Å². The van der Waals surface area contributed by atoms with Gasteiger partial charge in [-0.3, -0.25) is 4.72 Å². The number of rotatable bonds is 9. The quantitative estimate of drug-likeness (QED) is 0.142. The maximum atomic E-state index is 12.5. The van der Waals surface area contributed by atoms with Gasteiger partial charge in [-0.2, -0.15) is 0 Å². The molecule has 0 heterocycles. The summed E-state index contributed by atoms with van der Waals surface area (Å²) in [4.78, 5) is 22.6. The molecule has 0 aliphatic carbocycles. The fraction of sp³-hybridized carbons (Fsp3) is 0.0303. The summed E-state index contributed by atoms with van der Waals surface area (Å²) >= 11 is 0. The van der Waals surface area contributed by atoms with Crippen LogP contribution in [-0.2, 0) is 21.0 Å². The fourth-order valence-electron chi connectivity index (χ4n) is 3.93. The number of aryl methyl sites for hydroxylation is 1. The maximum Gasteiger partial charge on any atom is 0.335 e. The van der Waals surface area contributed by atoms with Crippen LogP contribution in [0.25, 0.3) is 11.1 Å². The van der Waals surface area contributed by atoms with E-state index in [0.717, 1.165) is 16.7 Å². The van der Waals surface area contributed by atoms with E-state index in [4.69, 9.17) is 10.2 Å². The van der Waals surface area contributed by atoms with Gasteiger partial charge in [0.05, 0.1) is 20.9 Å². The minimum Gasteiger partial charge on any atom is -0.478 e. The van der Waals surface area contributed by atoms with Crippen molar-refractivity contribution in [2.45, 2.75) is 16.7 Å². The van der Waals surface area contributed by atoms with Gasteiger partial charge in [0.2, 0.25) is 0 Å². The molecule has 0 saturated carbocycles. The number of anilines is 2. The second kappa shape index (κ2) is 14.3. The molecule has 9 nitrogen and oxygen atoms in total. The van der Waals surface area contributed by atoms with E-state index >= 15 is 0 Å². The lowest BCUT2D eigenvalue weighted by molar-refractivity contribution is 0.0686. The third-order valence-corrected chi connectivity index (χ3v) is 8.71. The fourth-order valence-corrected chi connectivity index (χ4v) is 5.82. The van der Waals surface area contributed by atoms with E-state index in [-0.39, 0.29) is 21.7 Å². The molecule has 0 bridgehead atoms. The lowest BCUT2D eigenvalue weighted by atomic mass is 10.1. The largest absolute Gasteiger partial charge is 0.478 e. The summed E-state index contributed by atoms with van der Waals surface area (Å²) in [6, 6.07) is 35.3. The first-order valence-corrected chi connectivity index (χ1v) is 15.8. The summed E-state index contributed by atoms with van der Waals surface area (Å²) in [6.45, 7) is 1.95. The topological polar surface area (TPSA) is 150 Å². The summed E-state index contributed by atoms with van der Waals surface area (Å²) in [5, 5.41) is 17.9. The number of carboxylic acids is 2. The molecule has 0 fully saturated rings. The number of hydrogen-bond acceptors (Lipinski definition) is 5. The monoisotopic (exact) mass is 628 g/mol. The highest BCUT2D eigenvalue weighted by Gasteiger charge is 2.15. The molecule has 0 saturated heterocycles. The first-order valence-electron chi connectivity index (χ1n) is 13.1. The number of carbonyl (C=O) groups is 2. The van der Waals surface area contributed by atoms with Crippen LogP contribution in [0.15, 0.2) is 137 Å². The molecular weight excluding hydrogens is 601 g/mol. The highest BCUT2D eigenvalue weighted by atomic mass is 32.2. The van der Waals surface area contributed by atoms with Gasteiger partial charge in [-0.15, -0.1) is 0 Å². The van der Waals surface area contributed by atoms with Gasteiger partial charge in [0.15, 0.2) is 0 Å². The molecule has 0 aliphatic heterocycles. The van der Waals surface area contributed by atoms with Crippen molar-refractivity contribution in [3.8, 4) is 11.1 Å². The third-order valence-electron chi connectivity index (χ3n) is 6.19. The Kier molecular flexibility index (Phi) is 10.3. The molecule has 0 spiro atoms. The standard InChI is InChI=1S/C19H15NO4S.C14H13NO3S/c21-19(22)16-7-4-8-17(13-16)20-25(23,24)18-11-9-15(10-12-18)14-5-2-1-3-6-14;1-10-5-7-13(8-6-10)19(18)15-12-4-2-3-11(9-12)14(16)17/h1-13,20H,(H,21,22);2-9,15H,1H3,(H,16,17). The van der Waals surface area contributed by atoms with Crippen molar-refractivity contribution in [3.63, 3.8) is 0 Å². The van der Waals surface area contributed by atoms with Gasteiger partial charge in [0, 0.05) is 11.4 Å². The van der Waals surface area contributed by atoms with Crippen LogP contribution in [-0.4, -0.2) is 34.8 Å². The Hall–Kier alpha value is -5.26. The van der Waals surface area contributed by atoms with Crippen molar-refractivity contribution < 1.29 is 32.4 Å². The second-order valence-corrected chi connectivity index (χ2v) is 12.3. The molecule has 5 rings (SSSR count). The average molecular weight is 629 g/mol. The predicted molar refractivity (Wildman–Crippen MR) is 171 cm³/mol. The molecule has 5 aromatic carbocycles. The molecule has 4 N–H and O–H groups in total. The van der Waals surface area contributed by atoms with Crippen molar-refractivity contribution in [1.82, 2.24) is 0 Å². The van der Waals surface area contributed by atoms with Crippen LogP contribution < -0.4 is 9.44 Å². The number of aromatic carboxylic acids is 2. The minimum atomic E-state index is -3.80. The Morgan fingerprint density at radius 2 is 1.16 bits per heavy atom. The van der Waals surface area contributed by atoms with E-state index in [1.807, 2.05) is 49.4 Å². The van der Waals surface area contributed by atoms with Gasteiger partial charge >= 0.3 is 11.9 Å². The van der Waals surface area contributed by atoms with Crippen LogP contribution in [0.1, 0.15) is 26.3 Å². The van der Waals surface area contributed by atoms with Crippen molar-refractivity contribution >= 4 is 44.3 Å². The van der Waals surface area contributed by atoms with E-state index in [0.29, 0.717) is 10.6 Å². The van der Waals surface area contributed by atoms with Crippen LogP contribution >= 0.6 is 0 Å². The minimum absolute atomic E-state index is 0.0135. The number of hydrogen-bond donors (Lipinski definition) is 4. The number of sulfonamides is 1. The van der Waals surface area contributed by atoms with Gasteiger partial charge in [0.1, 0.15) is 11.0 Å². The van der Waals surface area contributed by atoms with Crippen molar-refractivity contribution in [2.75, 3.05) is 9.44 Å². The lowest BCUT2D eigenvalue weighted by Crippen LogP contribution is -2.13. The first kappa shape index (κ1) is 31.7. The average Bonchev–Trinajstić information content (AvgIpc) is 3.02. The van der Waals surface area contributed by atoms with Gasteiger partial charge in [-0.25, -0.2) is 22.2 Å². The van der Waals surface area contributed by atoms with Crippen LogP contribution in [0, 0.1) is 6.92 Å². The van der Waals surface area contributed by atoms with Gasteiger partial charge < -0.3 is 14.9 Å². The van der Waals surface area contributed by atoms with E-state index in [1.54, 1.807) is 36.4 Å². The predicted octanol–water partition coefficient (Wildman–Crippen LogP) is 6.68. The molecule has 0 radical (unpaired) electrons. The lowest BCUT2D eigenvalue weighted by Gasteiger charge is -2.09. The van der Waals surface area contributed by atoms with E-state index in [9.17, 15) is 22.2 Å². The van der Waals surface area contributed by atoms with Crippen molar-refractivity contribution in [2.24, 2.45) is 0 Å². The van der Waals surface area contributed by atoms with E-state index in [2.05, 4.69) is 9.44 Å². The van der Waals surface area contributed by atoms with E-state index in [1.165, 1.54) is 48.5 Å². The van der Waals surface area contributed by atoms with Gasteiger partial charge in [-0.1, -0.05) is 72.3 Å². The molecule has 0 aromatic heterocycles. The summed E-state index contributed by atoms with van der Waals surface area (Å²) in [7, 11) is -5.20. The zero-order valence-electron chi connectivity index (χ0n) is 23.4. The summed E-state index contributed by atoms with van der Waals surface area (Å²) < 4.78 is 42.2. The Morgan fingerprint density at radius 3 is 1.73 bits per heavy atom. The maximum absolute atomic E-state index is 12.5. The SMILES string of the molecule is Cc1ccc(S(=O)Nc2cccc(C(=O)O)c2)cc1.O=C(O)c1cccc(NS(=O)(=O)c2ccc(-c3ccccc3)cc2)c1. The third kappa shape index (κ3) is 8.63. The summed E-state index contributed by atoms with van der Waals surface area (Å²) in [5.74, 6) is -2.13. The van der Waals surface area contributed by atoms with Crippen molar-refractivity contribution in [3.05, 3.63) is 144 Å². The zero-order valence-corrected chi connectivity index (χ0v) is 25.0. The Balaban J connectivity index is 0.000000209. The molecule has 224 valence electrons. The highest BCUT2D eigenvalue weighted by molar-refractivity contribution is 7.92. The molecule has 11 heteroatoms. The van der Waals surface area contributed by atoms with Crippen LogP contribution in [0.2, 0.25) is 0 Å². The second-order valence-electron chi connectivity index (χ2n) is 9.45. The van der Waals surface area contributed by atoms with Crippen molar-refractivity contribution in [1.29, 1.82) is 0 Å². The first-order chi connectivity index (χ1) is 21.0. The Labute approximate surface area is 257 Å². The molecule has 0 amide bonds. The van der Waals surface area contributed by atoms with Crippen LogP contribution in [0.4, 0.5) is 11.4 Å². The van der Waals surface area contributed by atoms with E-state index < -0.39 is 32.9 Å². The normalized spacial score (nSPS) is 11.4. The number of carboxylic acid groups (broad SMARTS) is 2. The molecule has 44 heavy (non-hydrogen) atoms. The number of benzene rings is 5. The molecule has 1 unspecified atom stereocenters. The van der Waals surface area contributed by atoms with Crippen LogP contribution in [0.5, 0.6) is 0 Å². The Morgan fingerprint density at radius 1 is 0.636 bits per heavy atom. The molecule has 1 atom stereocenters. The number of nitrogens with one attached hydrogen (secondary N) is 2. The molecule has 5 aromatic rings. The summed E-state index contributed by atoms with van der Waals surface area (Å²) in [5.41, 5.74) is 3.88. The smallest absolute Gasteiger partial charge is 0.335 e. The summed E-state index contributed by atoms with van der Waals surface area (Å²) in [6.07, 6.45) is 0. The van der Waals surface area contributed by atoms with Crippen LogP contribution in [0.3, 0.4) is 0 Å². The molecule has 0 aliphatic rings.